The van der Waals surface area contributed by atoms with Crippen molar-refractivity contribution in [3.63, 3.8) is 0 Å². The van der Waals surface area contributed by atoms with E-state index in [-0.39, 0.29) is 0 Å². The number of sulfonamides is 1. The molecular weight excluding hydrogens is 396 g/mol. The van der Waals surface area contributed by atoms with E-state index in [9.17, 15) is 8.42 Å². The summed E-state index contributed by atoms with van der Waals surface area (Å²) in [6.45, 7) is 3.09. The first-order valence-electron chi connectivity index (χ1n) is 8.81. The first kappa shape index (κ1) is 18.9. The minimum absolute atomic E-state index is 0.521. The smallest absolute Gasteiger partial charge is 0.229 e. The molecule has 28 heavy (non-hydrogen) atoms. The highest BCUT2D eigenvalue weighted by Crippen LogP contribution is 2.31. The lowest BCUT2D eigenvalue weighted by Crippen LogP contribution is -2.36. The lowest BCUT2D eigenvalue weighted by molar-refractivity contribution is 0.122. The first-order chi connectivity index (χ1) is 13.5. The lowest BCUT2D eigenvalue weighted by Gasteiger charge is -2.27. The number of rotatable bonds is 5. The number of nitrogens with one attached hydrogen (secondary N) is 1. The molecule has 0 amide bonds. The van der Waals surface area contributed by atoms with Crippen molar-refractivity contribution in [1.29, 1.82) is 0 Å². The summed E-state index contributed by atoms with van der Waals surface area (Å²) in [6.07, 6.45) is 2.94. The highest BCUT2D eigenvalue weighted by molar-refractivity contribution is 7.92. The number of nitrogens with zero attached hydrogens (tertiary/aromatic N) is 3. The van der Waals surface area contributed by atoms with E-state index in [1.807, 2.05) is 23.6 Å². The molecule has 1 N–H and O–H groups in total. The van der Waals surface area contributed by atoms with Crippen molar-refractivity contribution in [3.05, 3.63) is 48.0 Å². The highest BCUT2D eigenvalue weighted by atomic mass is 32.2. The van der Waals surface area contributed by atoms with Gasteiger partial charge >= 0.3 is 0 Å². The predicted molar refractivity (Wildman–Crippen MR) is 112 cm³/mol. The Labute approximate surface area is 168 Å². The Morgan fingerprint density at radius 2 is 1.96 bits per heavy atom. The number of ether oxygens (including phenoxy) is 1. The monoisotopic (exact) mass is 416 g/mol. The molecule has 4 rings (SSSR count). The summed E-state index contributed by atoms with van der Waals surface area (Å²) in [6, 6.07) is 11.2. The Kier molecular flexibility index (Phi) is 5.29. The van der Waals surface area contributed by atoms with Gasteiger partial charge in [0.2, 0.25) is 10.0 Å². The number of pyridine rings is 1. The van der Waals surface area contributed by atoms with Crippen molar-refractivity contribution in [2.45, 2.75) is 0 Å². The van der Waals surface area contributed by atoms with Crippen LogP contribution in [-0.4, -0.2) is 50.9 Å². The minimum atomic E-state index is -3.32. The maximum absolute atomic E-state index is 11.5. The number of morpholine rings is 1. The molecule has 2 aromatic heterocycles. The van der Waals surface area contributed by atoms with Crippen molar-refractivity contribution < 1.29 is 13.2 Å². The van der Waals surface area contributed by atoms with E-state index in [0.29, 0.717) is 18.9 Å². The fourth-order valence-electron chi connectivity index (χ4n) is 3.01. The van der Waals surface area contributed by atoms with E-state index in [1.54, 1.807) is 29.7 Å². The van der Waals surface area contributed by atoms with E-state index in [4.69, 9.17) is 9.72 Å². The van der Waals surface area contributed by atoms with Crippen molar-refractivity contribution >= 4 is 32.9 Å². The number of thiazole rings is 1. The molecule has 0 bridgehead atoms. The van der Waals surface area contributed by atoms with Gasteiger partial charge in [-0.2, -0.15) is 0 Å². The summed E-state index contributed by atoms with van der Waals surface area (Å²) in [4.78, 5) is 11.4. The molecule has 0 saturated carbocycles. The Bertz CT molecular complexity index is 1080. The van der Waals surface area contributed by atoms with Gasteiger partial charge in [-0.05, 0) is 24.3 Å². The number of hydrogen-bond acceptors (Lipinski definition) is 7. The van der Waals surface area contributed by atoms with Crippen LogP contribution in [0.4, 0.5) is 11.5 Å². The summed E-state index contributed by atoms with van der Waals surface area (Å²) < 4.78 is 30.8. The van der Waals surface area contributed by atoms with Crippen molar-refractivity contribution in [3.8, 4) is 21.8 Å². The normalized spacial score (nSPS) is 14.8. The summed E-state index contributed by atoms with van der Waals surface area (Å²) in [5, 5.41) is 2.87. The minimum Gasteiger partial charge on any atom is -0.378 e. The maximum atomic E-state index is 11.5. The van der Waals surface area contributed by atoms with E-state index in [0.717, 1.165) is 47.0 Å². The molecule has 1 fully saturated rings. The molecule has 1 aromatic carbocycles. The van der Waals surface area contributed by atoms with E-state index < -0.39 is 10.0 Å². The van der Waals surface area contributed by atoms with Gasteiger partial charge in [0.25, 0.3) is 0 Å². The van der Waals surface area contributed by atoms with Crippen LogP contribution in [0.5, 0.6) is 0 Å². The second kappa shape index (κ2) is 7.86. The van der Waals surface area contributed by atoms with Crippen LogP contribution in [0.25, 0.3) is 21.8 Å². The topological polar surface area (TPSA) is 84.4 Å². The second-order valence-corrected chi connectivity index (χ2v) is 9.10. The molecule has 0 spiro atoms. The zero-order chi connectivity index (χ0) is 19.6. The summed E-state index contributed by atoms with van der Waals surface area (Å²) in [5.74, 6) is 0.928. The molecule has 0 unspecified atom stereocenters. The molecule has 7 nitrogen and oxygen atoms in total. The second-order valence-electron chi connectivity index (χ2n) is 6.50. The first-order valence-corrected chi connectivity index (χ1v) is 11.6. The number of hydrogen-bond donors (Lipinski definition) is 1. The zero-order valence-electron chi connectivity index (χ0n) is 15.3. The maximum Gasteiger partial charge on any atom is 0.229 e. The Balaban J connectivity index is 1.59. The lowest BCUT2D eigenvalue weighted by atomic mass is 10.1. The van der Waals surface area contributed by atoms with E-state index in [2.05, 4.69) is 20.7 Å². The molecule has 9 heteroatoms. The van der Waals surface area contributed by atoms with Gasteiger partial charge in [-0.3, -0.25) is 4.72 Å². The van der Waals surface area contributed by atoms with Crippen LogP contribution in [0.15, 0.2) is 48.0 Å². The van der Waals surface area contributed by atoms with Crippen LogP contribution in [-0.2, 0) is 14.8 Å². The molecule has 3 heterocycles. The number of aromatic nitrogens is 2. The average molecular weight is 417 g/mol. The van der Waals surface area contributed by atoms with Crippen LogP contribution >= 0.6 is 11.3 Å². The van der Waals surface area contributed by atoms with Gasteiger partial charge in [-0.15, -0.1) is 11.3 Å². The molecule has 1 aliphatic heterocycles. The average Bonchev–Trinajstić information content (AvgIpc) is 3.18. The Hall–Kier alpha value is -2.49. The van der Waals surface area contributed by atoms with Gasteiger partial charge in [-0.25, -0.2) is 18.4 Å². The third-order valence-corrected chi connectivity index (χ3v) is 5.79. The van der Waals surface area contributed by atoms with Crippen LogP contribution in [0.2, 0.25) is 0 Å². The highest BCUT2D eigenvalue weighted by Gasteiger charge is 2.14. The molecule has 0 atom stereocenters. The summed E-state index contributed by atoms with van der Waals surface area (Å²) >= 11 is 1.55. The zero-order valence-corrected chi connectivity index (χ0v) is 17.0. The van der Waals surface area contributed by atoms with Crippen LogP contribution < -0.4 is 9.62 Å². The third kappa shape index (κ3) is 4.49. The third-order valence-electron chi connectivity index (χ3n) is 4.29. The van der Waals surface area contributed by atoms with E-state index in [1.165, 1.54) is 0 Å². The largest absolute Gasteiger partial charge is 0.378 e. The molecule has 3 aromatic rings. The van der Waals surface area contributed by atoms with Gasteiger partial charge in [0.05, 0.1) is 25.2 Å². The summed E-state index contributed by atoms with van der Waals surface area (Å²) in [5.41, 5.74) is 3.20. The molecule has 146 valence electrons. The van der Waals surface area contributed by atoms with Gasteiger partial charge in [0.15, 0.2) is 0 Å². The van der Waals surface area contributed by atoms with Crippen LogP contribution in [0.3, 0.4) is 0 Å². The predicted octanol–water partition coefficient (Wildman–Crippen LogP) is 3.08. The van der Waals surface area contributed by atoms with Gasteiger partial charge < -0.3 is 9.64 Å². The van der Waals surface area contributed by atoms with Crippen LogP contribution in [0, 0.1) is 0 Å². The molecular formula is C19H20N4O3S2. The number of benzene rings is 1. The fraction of sp³-hybridized carbons (Fsp3) is 0.263. The van der Waals surface area contributed by atoms with Crippen molar-refractivity contribution in [2.75, 3.05) is 42.2 Å². The van der Waals surface area contributed by atoms with Gasteiger partial charge in [0, 0.05) is 41.5 Å². The molecule has 1 aliphatic rings. The quantitative estimate of drug-likeness (QED) is 0.688. The summed E-state index contributed by atoms with van der Waals surface area (Å²) in [7, 11) is -3.32. The molecule has 0 aliphatic carbocycles. The standard InChI is InChI=1S/C19H20N4O3S2/c1-28(24,25)22-16-4-2-3-14(11-16)17-13-27-19(21-17)15-5-6-20-18(12-15)23-7-9-26-10-8-23/h2-6,11-13,22H,7-10H2,1H3. The Morgan fingerprint density at radius 1 is 1.14 bits per heavy atom. The molecule has 1 saturated heterocycles. The van der Waals surface area contributed by atoms with Crippen molar-refractivity contribution in [1.82, 2.24) is 9.97 Å². The molecule has 0 radical (unpaired) electrons. The SMILES string of the molecule is CS(=O)(=O)Nc1cccc(-c2csc(-c3ccnc(N4CCOCC4)c3)n2)c1. The van der Waals surface area contributed by atoms with Crippen LogP contribution in [0.1, 0.15) is 0 Å². The van der Waals surface area contributed by atoms with Crippen molar-refractivity contribution in [2.24, 2.45) is 0 Å². The van der Waals surface area contributed by atoms with Gasteiger partial charge in [-0.1, -0.05) is 12.1 Å². The van der Waals surface area contributed by atoms with E-state index >= 15 is 0 Å². The fourth-order valence-corrected chi connectivity index (χ4v) is 4.39. The Morgan fingerprint density at radius 3 is 2.75 bits per heavy atom. The van der Waals surface area contributed by atoms with Gasteiger partial charge in [0.1, 0.15) is 10.8 Å². The number of anilines is 2.